The van der Waals surface area contributed by atoms with E-state index >= 15 is 0 Å². The predicted octanol–water partition coefficient (Wildman–Crippen LogP) is 3.23. The van der Waals surface area contributed by atoms with Crippen LogP contribution in [0.3, 0.4) is 0 Å². The molecule has 0 radical (unpaired) electrons. The van der Waals surface area contributed by atoms with Crippen LogP contribution < -0.4 is 0 Å². The van der Waals surface area contributed by atoms with E-state index < -0.39 is 25.2 Å². The molecule has 2 aliphatic carbocycles. The first-order valence-corrected chi connectivity index (χ1v) is 11.1. The fraction of sp³-hybridized carbons (Fsp3) is 0.778. The van der Waals surface area contributed by atoms with Gasteiger partial charge >= 0.3 is 19.5 Å². The molecular weight excluding hydrogens is 359 g/mol. The number of ether oxygens (including phenoxy) is 2. The lowest BCUT2D eigenvalue weighted by molar-refractivity contribution is -0.148. The normalized spacial score (nSPS) is 21.9. The molecule has 2 rings (SSSR count). The molecule has 8 heteroatoms. The highest BCUT2D eigenvalue weighted by molar-refractivity contribution is 7.52. The Labute approximate surface area is 154 Å². The van der Waals surface area contributed by atoms with Crippen LogP contribution in [-0.2, 0) is 23.6 Å². The molecule has 0 saturated heterocycles. The molecule has 2 N–H and O–H groups in total. The van der Waals surface area contributed by atoms with E-state index in [1.165, 1.54) is 6.92 Å². The van der Waals surface area contributed by atoms with E-state index in [2.05, 4.69) is 0 Å². The van der Waals surface area contributed by atoms with Crippen molar-refractivity contribution in [1.29, 1.82) is 0 Å². The summed E-state index contributed by atoms with van der Waals surface area (Å²) in [6.07, 6.45) is 9.52. The van der Waals surface area contributed by atoms with Crippen molar-refractivity contribution < 1.29 is 33.4 Å². The van der Waals surface area contributed by atoms with Gasteiger partial charge < -0.3 is 19.3 Å². The van der Waals surface area contributed by atoms with Gasteiger partial charge in [0.2, 0.25) is 0 Å². The minimum absolute atomic E-state index is 0.200. The minimum atomic E-state index is -4.60. The molecule has 0 aromatic heterocycles. The number of hydrogen-bond donors (Lipinski definition) is 2. The number of carbonyl (C=O) groups is 2. The zero-order chi connectivity index (χ0) is 19.2. The lowest BCUT2D eigenvalue weighted by Gasteiger charge is -2.24. The highest BCUT2D eigenvalue weighted by Crippen LogP contribution is 2.45. The summed E-state index contributed by atoms with van der Waals surface area (Å²) in [5.74, 6) is -1.58. The highest BCUT2D eigenvalue weighted by Gasteiger charge is 2.34. The highest BCUT2D eigenvalue weighted by atomic mass is 31.2. The fourth-order valence-corrected chi connectivity index (χ4v) is 3.98. The standard InChI is InChI=1S/C18H29O7P/c1-13(26(21,22)23)16(18(20)25-15-10-6-3-7-11-15)12-17(19)24-14-8-4-2-5-9-14/h12-15H,2-11H2,1H3,(H2,21,22,23)/b16-12-. The Morgan fingerprint density at radius 3 is 1.85 bits per heavy atom. The van der Waals surface area contributed by atoms with Gasteiger partial charge in [-0.25, -0.2) is 9.59 Å². The van der Waals surface area contributed by atoms with Gasteiger partial charge in [-0.15, -0.1) is 0 Å². The van der Waals surface area contributed by atoms with Gasteiger partial charge in [-0.05, 0) is 58.3 Å². The predicted molar refractivity (Wildman–Crippen MR) is 95.5 cm³/mol. The molecule has 2 saturated carbocycles. The second-order valence-electron chi connectivity index (χ2n) is 7.23. The average Bonchev–Trinajstić information content (AvgIpc) is 2.60. The molecule has 0 aliphatic heterocycles. The Hall–Kier alpha value is -1.17. The Morgan fingerprint density at radius 1 is 0.923 bits per heavy atom. The second-order valence-corrected chi connectivity index (χ2v) is 9.18. The van der Waals surface area contributed by atoms with Gasteiger partial charge in [-0.1, -0.05) is 12.8 Å². The number of carbonyl (C=O) groups excluding carboxylic acids is 2. The first kappa shape index (κ1) is 21.1. The molecule has 1 atom stereocenters. The first-order valence-electron chi connectivity index (χ1n) is 9.46. The third kappa shape index (κ3) is 6.53. The van der Waals surface area contributed by atoms with E-state index in [0.717, 1.165) is 70.3 Å². The van der Waals surface area contributed by atoms with Gasteiger partial charge in [0.05, 0.1) is 11.2 Å². The van der Waals surface area contributed by atoms with Crippen LogP contribution in [0.1, 0.15) is 71.1 Å². The second kappa shape index (κ2) is 9.67. The van der Waals surface area contributed by atoms with Crippen molar-refractivity contribution in [2.75, 3.05) is 0 Å². The van der Waals surface area contributed by atoms with Crippen LogP contribution in [0.15, 0.2) is 11.6 Å². The summed E-state index contributed by atoms with van der Waals surface area (Å²) in [5, 5.41) is 0. The first-order chi connectivity index (χ1) is 12.3. The van der Waals surface area contributed by atoms with Crippen molar-refractivity contribution in [1.82, 2.24) is 0 Å². The maximum absolute atomic E-state index is 12.5. The van der Waals surface area contributed by atoms with Crippen molar-refractivity contribution in [2.24, 2.45) is 0 Å². The van der Waals surface area contributed by atoms with E-state index in [-0.39, 0.29) is 17.8 Å². The van der Waals surface area contributed by atoms with E-state index in [1.807, 2.05) is 0 Å². The third-order valence-electron chi connectivity index (χ3n) is 5.12. The van der Waals surface area contributed by atoms with Gasteiger partial charge in [-0.2, -0.15) is 0 Å². The Morgan fingerprint density at radius 2 is 1.38 bits per heavy atom. The number of hydrogen-bond acceptors (Lipinski definition) is 5. The van der Waals surface area contributed by atoms with E-state index in [9.17, 15) is 23.9 Å². The van der Waals surface area contributed by atoms with Gasteiger partial charge in [0.1, 0.15) is 12.2 Å². The van der Waals surface area contributed by atoms with Crippen molar-refractivity contribution in [3.63, 3.8) is 0 Å². The topological polar surface area (TPSA) is 110 Å². The van der Waals surface area contributed by atoms with Crippen LogP contribution >= 0.6 is 7.60 Å². The molecule has 2 aliphatic rings. The monoisotopic (exact) mass is 388 g/mol. The van der Waals surface area contributed by atoms with Crippen LogP contribution in [0.25, 0.3) is 0 Å². The quantitative estimate of drug-likeness (QED) is 0.408. The molecule has 148 valence electrons. The van der Waals surface area contributed by atoms with E-state index in [4.69, 9.17) is 9.47 Å². The summed E-state index contributed by atoms with van der Waals surface area (Å²) in [5.41, 5.74) is -1.73. The van der Waals surface area contributed by atoms with Gasteiger partial charge in [0, 0.05) is 6.08 Å². The van der Waals surface area contributed by atoms with E-state index in [1.54, 1.807) is 0 Å². The lowest BCUT2D eigenvalue weighted by atomic mass is 9.97. The van der Waals surface area contributed by atoms with Crippen molar-refractivity contribution in [3.05, 3.63) is 11.6 Å². The molecule has 0 bridgehead atoms. The summed E-state index contributed by atoms with van der Waals surface area (Å²) in [4.78, 5) is 43.6. The minimum Gasteiger partial charge on any atom is -0.459 e. The molecule has 0 heterocycles. The molecule has 7 nitrogen and oxygen atoms in total. The number of rotatable bonds is 6. The fourth-order valence-electron chi connectivity index (χ4n) is 3.44. The molecule has 0 amide bonds. The van der Waals surface area contributed by atoms with Crippen LogP contribution in [0.5, 0.6) is 0 Å². The van der Waals surface area contributed by atoms with Crippen molar-refractivity contribution in [3.8, 4) is 0 Å². The van der Waals surface area contributed by atoms with Crippen LogP contribution in [0.4, 0.5) is 0 Å². The molecule has 2 fully saturated rings. The molecular formula is C18H29O7P. The maximum Gasteiger partial charge on any atom is 0.335 e. The van der Waals surface area contributed by atoms with Crippen LogP contribution in [0, 0.1) is 0 Å². The SMILES string of the molecule is CC(/C(=C/C(=O)OC1CCCCC1)C(=O)OC1CCCCC1)P(=O)(O)O. The van der Waals surface area contributed by atoms with Gasteiger partial charge in [-0.3, -0.25) is 4.57 Å². The average molecular weight is 388 g/mol. The smallest absolute Gasteiger partial charge is 0.335 e. The van der Waals surface area contributed by atoms with Gasteiger partial charge in [0.25, 0.3) is 0 Å². The third-order valence-corrected chi connectivity index (χ3v) is 6.41. The zero-order valence-electron chi connectivity index (χ0n) is 15.3. The van der Waals surface area contributed by atoms with Crippen LogP contribution in [0.2, 0.25) is 0 Å². The molecule has 0 aromatic carbocycles. The van der Waals surface area contributed by atoms with Crippen molar-refractivity contribution in [2.45, 2.75) is 89.0 Å². The Bertz CT molecular complexity index is 568. The zero-order valence-corrected chi connectivity index (χ0v) is 16.2. The Balaban J connectivity index is 2.09. The summed E-state index contributed by atoms with van der Waals surface area (Å²) in [6.45, 7) is 1.22. The number of esters is 2. The molecule has 26 heavy (non-hydrogen) atoms. The molecule has 0 spiro atoms. The molecule has 0 aromatic rings. The summed E-state index contributed by atoms with van der Waals surface area (Å²) < 4.78 is 22.4. The summed E-state index contributed by atoms with van der Waals surface area (Å²) in [6, 6.07) is 0. The largest absolute Gasteiger partial charge is 0.459 e. The van der Waals surface area contributed by atoms with Gasteiger partial charge in [0.15, 0.2) is 0 Å². The Kier molecular flexibility index (Phi) is 7.86. The van der Waals surface area contributed by atoms with Crippen LogP contribution in [-0.4, -0.2) is 39.6 Å². The summed E-state index contributed by atoms with van der Waals surface area (Å²) in [7, 11) is -4.60. The maximum atomic E-state index is 12.5. The molecule has 1 unspecified atom stereocenters. The van der Waals surface area contributed by atoms with Crippen molar-refractivity contribution >= 4 is 19.5 Å². The lowest BCUT2D eigenvalue weighted by Crippen LogP contribution is -2.27. The summed E-state index contributed by atoms with van der Waals surface area (Å²) >= 11 is 0. The van der Waals surface area contributed by atoms with E-state index in [0.29, 0.717) is 0 Å².